The first-order valence-electron chi connectivity index (χ1n) is 5.10. The maximum Gasteiger partial charge on any atom is 0.339 e. The molecule has 5 nitrogen and oxygen atoms in total. The topological polar surface area (TPSA) is 69.7 Å². The molecule has 100 valence electrons. The van der Waals surface area contributed by atoms with Crippen molar-refractivity contribution in [3.8, 4) is 0 Å². The molecule has 0 amide bonds. The Kier molecular flexibility index (Phi) is 5.13. The molecule has 0 aliphatic heterocycles. The highest BCUT2D eigenvalue weighted by molar-refractivity contribution is 8.13. The van der Waals surface area contributed by atoms with E-state index in [2.05, 4.69) is 0 Å². The predicted molar refractivity (Wildman–Crippen MR) is 66.2 cm³/mol. The van der Waals surface area contributed by atoms with Crippen molar-refractivity contribution in [3.63, 3.8) is 0 Å². The predicted octanol–water partition coefficient (Wildman–Crippen LogP) is 1.81. The first kappa shape index (κ1) is 14.9. The summed E-state index contributed by atoms with van der Waals surface area (Å²) in [6.07, 6.45) is -0.478. The summed E-state index contributed by atoms with van der Waals surface area (Å²) < 4.78 is 32.4. The molecule has 0 heterocycles. The summed E-state index contributed by atoms with van der Waals surface area (Å²) in [4.78, 5) is 11.5. The molecule has 18 heavy (non-hydrogen) atoms. The van der Waals surface area contributed by atoms with Crippen molar-refractivity contribution < 1.29 is 22.7 Å². The van der Waals surface area contributed by atoms with Crippen molar-refractivity contribution in [2.75, 3.05) is 13.7 Å². The van der Waals surface area contributed by atoms with Crippen molar-refractivity contribution in [1.82, 2.24) is 0 Å². The van der Waals surface area contributed by atoms with Gasteiger partial charge in [-0.05, 0) is 19.1 Å². The summed E-state index contributed by atoms with van der Waals surface area (Å²) in [7, 11) is 2.73. The van der Waals surface area contributed by atoms with Gasteiger partial charge in [0.05, 0.1) is 17.1 Å². The van der Waals surface area contributed by atoms with Gasteiger partial charge in [0.2, 0.25) is 0 Å². The van der Waals surface area contributed by atoms with Crippen molar-refractivity contribution in [2.45, 2.75) is 17.9 Å². The first-order chi connectivity index (χ1) is 8.36. The molecule has 1 aromatic rings. The van der Waals surface area contributed by atoms with Crippen LogP contribution in [0.25, 0.3) is 0 Å². The Morgan fingerprint density at radius 2 is 2.00 bits per heavy atom. The summed E-state index contributed by atoms with van der Waals surface area (Å²) in [6.45, 7) is 1.86. The Balaban J connectivity index is 3.00. The number of hydrogen-bond donors (Lipinski definition) is 0. The smallest absolute Gasteiger partial charge is 0.339 e. The number of esters is 1. The van der Waals surface area contributed by atoms with E-state index in [1.165, 1.54) is 31.4 Å². The lowest BCUT2D eigenvalue weighted by Crippen LogP contribution is -2.20. The number of hydrogen-bond acceptors (Lipinski definition) is 5. The Morgan fingerprint density at radius 3 is 2.56 bits per heavy atom. The van der Waals surface area contributed by atoms with Gasteiger partial charge in [-0.3, -0.25) is 0 Å². The number of halogens is 1. The van der Waals surface area contributed by atoms with E-state index in [-0.39, 0.29) is 17.1 Å². The van der Waals surface area contributed by atoms with Crippen LogP contribution in [0.3, 0.4) is 0 Å². The van der Waals surface area contributed by atoms with E-state index in [0.717, 1.165) is 0 Å². The average Bonchev–Trinajstić information content (AvgIpc) is 2.28. The molecule has 0 bridgehead atoms. The Morgan fingerprint density at radius 1 is 1.39 bits per heavy atom. The first-order valence-corrected chi connectivity index (χ1v) is 7.40. The molecule has 0 aliphatic rings. The second-order valence-corrected chi connectivity index (χ2v) is 6.14. The van der Waals surface area contributed by atoms with Crippen LogP contribution in [0.4, 0.5) is 0 Å². The van der Waals surface area contributed by atoms with E-state index in [4.69, 9.17) is 20.2 Å². The van der Waals surface area contributed by atoms with Gasteiger partial charge in [-0.25, -0.2) is 13.2 Å². The van der Waals surface area contributed by atoms with Gasteiger partial charge >= 0.3 is 5.97 Å². The van der Waals surface area contributed by atoms with Crippen LogP contribution >= 0.6 is 10.7 Å². The largest absolute Gasteiger partial charge is 0.457 e. The molecule has 0 aromatic heterocycles. The third kappa shape index (κ3) is 3.97. The lowest BCUT2D eigenvalue weighted by molar-refractivity contribution is 0.0116. The summed E-state index contributed by atoms with van der Waals surface area (Å²) >= 11 is 0. The van der Waals surface area contributed by atoms with Gasteiger partial charge in [0, 0.05) is 17.8 Å². The fraction of sp³-hybridized carbons (Fsp3) is 0.364. The number of carbonyl (C=O) groups is 1. The fourth-order valence-electron chi connectivity index (χ4n) is 1.36. The molecule has 1 atom stereocenters. The SMILES string of the molecule is COCC(C)OC(=O)c1ccccc1S(=O)(=O)Cl. The lowest BCUT2D eigenvalue weighted by Gasteiger charge is -2.13. The molecule has 0 saturated heterocycles. The molecule has 7 heteroatoms. The lowest BCUT2D eigenvalue weighted by atomic mass is 10.2. The van der Waals surface area contributed by atoms with Crippen LogP contribution in [0.5, 0.6) is 0 Å². The minimum Gasteiger partial charge on any atom is -0.457 e. The van der Waals surface area contributed by atoms with Crippen LogP contribution in [0.1, 0.15) is 17.3 Å². The average molecular weight is 293 g/mol. The van der Waals surface area contributed by atoms with Crippen LogP contribution in [-0.2, 0) is 18.5 Å². The molecule has 0 spiro atoms. The standard InChI is InChI=1S/C11H13ClO5S/c1-8(7-16-2)17-11(13)9-5-3-4-6-10(9)18(12,14)15/h3-6,8H,7H2,1-2H3. The van der Waals surface area contributed by atoms with Crippen molar-refractivity contribution in [2.24, 2.45) is 0 Å². The quantitative estimate of drug-likeness (QED) is 0.611. The zero-order chi connectivity index (χ0) is 13.8. The van der Waals surface area contributed by atoms with Gasteiger partial charge in [0.25, 0.3) is 9.05 Å². The van der Waals surface area contributed by atoms with E-state index in [9.17, 15) is 13.2 Å². The van der Waals surface area contributed by atoms with Crippen molar-refractivity contribution >= 4 is 25.7 Å². The van der Waals surface area contributed by atoms with Crippen LogP contribution in [0.2, 0.25) is 0 Å². The van der Waals surface area contributed by atoms with Crippen molar-refractivity contribution in [1.29, 1.82) is 0 Å². The highest BCUT2D eigenvalue weighted by atomic mass is 35.7. The highest BCUT2D eigenvalue weighted by Crippen LogP contribution is 2.20. The molecule has 0 N–H and O–H groups in total. The zero-order valence-corrected chi connectivity index (χ0v) is 11.5. The highest BCUT2D eigenvalue weighted by Gasteiger charge is 2.22. The summed E-state index contributed by atoms with van der Waals surface area (Å²) in [6, 6.07) is 5.60. The molecule has 1 aromatic carbocycles. The molecule has 0 aliphatic carbocycles. The number of benzene rings is 1. The van der Waals surface area contributed by atoms with E-state index < -0.39 is 21.1 Å². The number of methoxy groups -OCH3 is 1. The van der Waals surface area contributed by atoms with Gasteiger partial charge in [-0.2, -0.15) is 0 Å². The maximum atomic E-state index is 11.8. The van der Waals surface area contributed by atoms with E-state index in [1.54, 1.807) is 6.92 Å². The molecule has 1 rings (SSSR count). The molecular formula is C11H13ClO5S. The number of carbonyl (C=O) groups excluding carboxylic acids is 1. The maximum absolute atomic E-state index is 11.8. The third-order valence-electron chi connectivity index (χ3n) is 2.08. The van der Waals surface area contributed by atoms with Crippen molar-refractivity contribution in [3.05, 3.63) is 29.8 Å². The van der Waals surface area contributed by atoms with Gasteiger partial charge in [0.15, 0.2) is 0 Å². The molecule has 0 radical (unpaired) electrons. The van der Waals surface area contributed by atoms with Crippen LogP contribution in [-0.4, -0.2) is 34.2 Å². The van der Waals surface area contributed by atoms with Crippen LogP contribution in [0.15, 0.2) is 29.2 Å². The Bertz CT molecular complexity index is 526. The summed E-state index contributed by atoms with van der Waals surface area (Å²) in [5, 5.41) is 0. The van der Waals surface area contributed by atoms with Crippen LogP contribution < -0.4 is 0 Å². The van der Waals surface area contributed by atoms with E-state index in [0.29, 0.717) is 0 Å². The van der Waals surface area contributed by atoms with Gasteiger partial charge in [0.1, 0.15) is 6.10 Å². The van der Waals surface area contributed by atoms with E-state index in [1.807, 2.05) is 0 Å². The number of rotatable bonds is 5. The fourth-order valence-corrected chi connectivity index (χ4v) is 2.42. The van der Waals surface area contributed by atoms with E-state index >= 15 is 0 Å². The second kappa shape index (κ2) is 6.17. The minimum absolute atomic E-state index is 0.0875. The zero-order valence-electron chi connectivity index (χ0n) is 9.92. The van der Waals surface area contributed by atoms with Gasteiger partial charge < -0.3 is 9.47 Å². The third-order valence-corrected chi connectivity index (χ3v) is 3.46. The molecule has 0 saturated carbocycles. The van der Waals surface area contributed by atoms with Gasteiger partial charge in [-0.15, -0.1) is 0 Å². The minimum atomic E-state index is -3.99. The molecule has 0 fully saturated rings. The number of ether oxygens (including phenoxy) is 2. The summed E-state index contributed by atoms with van der Waals surface area (Å²) in [5.74, 6) is -0.751. The summed E-state index contributed by atoms with van der Waals surface area (Å²) in [5.41, 5.74) is -0.0875. The Hall–Kier alpha value is -1.11. The van der Waals surface area contributed by atoms with Crippen LogP contribution in [0, 0.1) is 0 Å². The Labute approximate surface area is 110 Å². The molecular weight excluding hydrogens is 280 g/mol. The second-order valence-electron chi connectivity index (χ2n) is 3.61. The normalized spacial score (nSPS) is 13.1. The monoisotopic (exact) mass is 292 g/mol. The molecule has 1 unspecified atom stereocenters. The van der Waals surface area contributed by atoms with Gasteiger partial charge in [-0.1, -0.05) is 12.1 Å².